The molecule has 1 N–H and O–H groups in total. The third-order valence-corrected chi connectivity index (χ3v) is 7.60. The molecule has 5 rings (SSSR count). The van der Waals surface area contributed by atoms with Gasteiger partial charge in [0.05, 0.1) is 33.8 Å². The van der Waals surface area contributed by atoms with Crippen LogP contribution in [0.3, 0.4) is 0 Å². The monoisotopic (exact) mass is 635 g/mol. The van der Waals surface area contributed by atoms with Crippen LogP contribution in [-0.4, -0.2) is 29.7 Å². The molecule has 222 valence electrons. The fraction of sp³-hybridized carbons (Fsp3) is 0.161. The molecule has 0 fully saturated rings. The lowest BCUT2D eigenvalue weighted by Crippen LogP contribution is -2.41. The molecule has 0 bridgehead atoms. The van der Waals surface area contributed by atoms with Gasteiger partial charge in [0.2, 0.25) is 5.91 Å². The summed E-state index contributed by atoms with van der Waals surface area (Å²) in [4.78, 5) is 13.0. The molecule has 4 aromatic carbocycles. The smallest absolute Gasteiger partial charge is 0.324 e. The Balaban J connectivity index is 1.55. The number of benzene rings is 4. The molecule has 43 heavy (non-hydrogen) atoms. The van der Waals surface area contributed by atoms with Crippen LogP contribution in [0.4, 0.5) is 32.0 Å². The van der Waals surface area contributed by atoms with Crippen LogP contribution in [0.15, 0.2) is 102 Å². The van der Waals surface area contributed by atoms with Gasteiger partial charge in [-0.3, -0.25) is 9.80 Å². The Morgan fingerprint density at radius 3 is 2.02 bits per heavy atom. The molecule has 0 radical (unpaired) electrons. The number of hydrogen-bond acceptors (Lipinski definition) is 3. The first-order chi connectivity index (χ1) is 20.3. The van der Waals surface area contributed by atoms with E-state index in [4.69, 9.17) is 28.3 Å². The Hall–Kier alpha value is -4.02. The lowest BCUT2D eigenvalue weighted by molar-refractivity contribution is -0.138. The van der Waals surface area contributed by atoms with E-state index in [1.165, 1.54) is 17.1 Å². The van der Waals surface area contributed by atoms with E-state index < -0.39 is 39.8 Å². The minimum Gasteiger partial charge on any atom is -0.324 e. The highest BCUT2D eigenvalue weighted by molar-refractivity contribution is 6.32. The second-order valence-corrected chi connectivity index (χ2v) is 10.7. The van der Waals surface area contributed by atoms with Gasteiger partial charge in [-0.1, -0.05) is 71.7 Å². The molecule has 0 saturated heterocycles. The molecule has 0 aromatic heterocycles. The molecular weight excluding hydrogens is 615 g/mol. The van der Waals surface area contributed by atoms with Crippen molar-refractivity contribution in [3.63, 3.8) is 0 Å². The summed E-state index contributed by atoms with van der Waals surface area (Å²) in [6, 6.07) is 23.4. The first-order valence-electron chi connectivity index (χ1n) is 12.8. The second-order valence-electron chi connectivity index (χ2n) is 9.87. The summed E-state index contributed by atoms with van der Waals surface area (Å²) < 4.78 is 79.3. The molecule has 12 heteroatoms. The van der Waals surface area contributed by atoms with Gasteiger partial charge in [0.15, 0.2) is 0 Å². The zero-order valence-electron chi connectivity index (χ0n) is 22.0. The van der Waals surface area contributed by atoms with Crippen LogP contribution in [0.2, 0.25) is 10.0 Å². The largest absolute Gasteiger partial charge is 0.417 e. The van der Waals surface area contributed by atoms with E-state index in [-0.39, 0.29) is 18.8 Å². The number of amides is 1. The molecule has 4 nitrogen and oxygen atoms in total. The Morgan fingerprint density at radius 2 is 1.44 bits per heavy atom. The number of nitrogens with one attached hydrogen (secondary N) is 1. The predicted molar refractivity (Wildman–Crippen MR) is 153 cm³/mol. The van der Waals surface area contributed by atoms with Gasteiger partial charge < -0.3 is 5.32 Å². The van der Waals surface area contributed by atoms with Gasteiger partial charge in [0.25, 0.3) is 0 Å². The van der Waals surface area contributed by atoms with Crippen LogP contribution in [-0.2, 0) is 22.6 Å². The van der Waals surface area contributed by atoms with E-state index in [0.717, 1.165) is 35.9 Å². The standard InChI is InChI=1S/C31H21Cl2F6N3O/c32-23-11-7-21(8-12-23)29(20-4-2-1-3-5-20)18-42(17-27(43)40-24-13-9-22(10-14-24)30(34,35)36)41-28(29)19-6-15-25(26(33)16-19)31(37,38)39/h1-16H,17-18H2,(H,40,43). The van der Waals surface area contributed by atoms with Crippen molar-refractivity contribution < 1.29 is 31.1 Å². The number of alkyl halides is 6. The van der Waals surface area contributed by atoms with Crippen LogP contribution in [0.25, 0.3) is 0 Å². The molecule has 1 heterocycles. The normalized spacial score (nSPS) is 17.1. The molecule has 1 atom stereocenters. The van der Waals surface area contributed by atoms with E-state index >= 15 is 0 Å². The molecule has 4 aromatic rings. The maximum absolute atomic E-state index is 13.5. The Bertz CT molecular complexity index is 1660. The maximum atomic E-state index is 13.5. The van der Waals surface area contributed by atoms with Crippen molar-refractivity contribution in [2.24, 2.45) is 5.10 Å². The van der Waals surface area contributed by atoms with Crippen molar-refractivity contribution in [1.82, 2.24) is 5.01 Å². The van der Waals surface area contributed by atoms with Gasteiger partial charge in [-0.25, -0.2) is 0 Å². The summed E-state index contributed by atoms with van der Waals surface area (Å²) in [6.45, 7) is -0.200. The van der Waals surface area contributed by atoms with Crippen molar-refractivity contribution in [3.8, 4) is 0 Å². The van der Waals surface area contributed by atoms with Crippen molar-refractivity contribution in [2.75, 3.05) is 18.4 Å². The third kappa shape index (κ3) is 6.35. The van der Waals surface area contributed by atoms with Gasteiger partial charge >= 0.3 is 12.4 Å². The van der Waals surface area contributed by atoms with E-state index in [9.17, 15) is 31.1 Å². The average Bonchev–Trinajstić information content (AvgIpc) is 3.33. The number of hydrogen-bond donors (Lipinski definition) is 1. The van der Waals surface area contributed by atoms with E-state index in [1.54, 1.807) is 24.3 Å². The zero-order chi connectivity index (χ0) is 31.0. The lowest BCUT2D eigenvalue weighted by atomic mass is 9.69. The number of carbonyl (C=O) groups is 1. The molecular formula is C31H21Cl2F6N3O. The average molecular weight is 636 g/mol. The first-order valence-corrected chi connectivity index (χ1v) is 13.5. The minimum absolute atomic E-state index is 0.104. The number of nitrogens with zero attached hydrogens (tertiary/aromatic N) is 2. The molecule has 0 saturated carbocycles. The topological polar surface area (TPSA) is 44.7 Å². The molecule has 1 aliphatic heterocycles. The van der Waals surface area contributed by atoms with E-state index in [2.05, 4.69) is 5.32 Å². The van der Waals surface area contributed by atoms with Crippen LogP contribution < -0.4 is 5.32 Å². The second kappa shape index (κ2) is 11.6. The quantitative estimate of drug-likeness (QED) is 0.215. The zero-order valence-corrected chi connectivity index (χ0v) is 23.5. The fourth-order valence-corrected chi connectivity index (χ4v) is 5.50. The summed E-state index contributed by atoms with van der Waals surface area (Å²) in [6.07, 6.45) is -9.19. The Kier molecular flexibility index (Phi) is 8.20. The summed E-state index contributed by atoms with van der Waals surface area (Å²) in [7, 11) is 0. The van der Waals surface area contributed by atoms with Crippen molar-refractivity contribution in [1.29, 1.82) is 0 Å². The molecule has 1 amide bonds. The van der Waals surface area contributed by atoms with Crippen LogP contribution in [0.5, 0.6) is 0 Å². The summed E-state index contributed by atoms with van der Waals surface area (Å²) in [5.74, 6) is -0.562. The van der Waals surface area contributed by atoms with Gasteiger partial charge in [0, 0.05) is 16.3 Å². The Morgan fingerprint density at radius 1 is 0.814 bits per heavy atom. The van der Waals surface area contributed by atoms with E-state index in [0.29, 0.717) is 21.9 Å². The fourth-order valence-electron chi connectivity index (χ4n) is 5.09. The van der Waals surface area contributed by atoms with Crippen LogP contribution >= 0.6 is 23.2 Å². The van der Waals surface area contributed by atoms with Crippen LogP contribution in [0.1, 0.15) is 27.8 Å². The summed E-state index contributed by atoms with van der Waals surface area (Å²) in [5, 5.41) is 8.70. The highest BCUT2D eigenvalue weighted by atomic mass is 35.5. The van der Waals surface area contributed by atoms with E-state index in [1.807, 2.05) is 30.3 Å². The highest BCUT2D eigenvalue weighted by Gasteiger charge is 2.47. The summed E-state index contributed by atoms with van der Waals surface area (Å²) >= 11 is 12.3. The molecule has 1 aliphatic rings. The minimum atomic E-state index is -4.66. The van der Waals surface area contributed by atoms with Gasteiger partial charge in [-0.15, -0.1) is 0 Å². The van der Waals surface area contributed by atoms with Gasteiger partial charge in [-0.05, 0) is 59.7 Å². The number of rotatable bonds is 6. The summed E-state index contributed by atoms with van der Waals surface area (Å²) in [5.41, 5.74) is -0.652. The molecule has 0 aliphatic carbocycles. The van der Waals surface area contributed by atoms with Crippen LogP contribution in [0, 0.1) is 0 Å². The third-order valence-electron chi connectivity index (χ3n) is 7.04. The number of halogens is 8. The van der Waals surface area contributed by atoms with Gasteiger partial charge in [0.1, 0.15) is 6.54 Å². The van der Waals surface area contributed by atoms with Crippen molar-refractivity contribution in [3.05, 3.63) is 135 Å². The van der Waals surface area contributed by atoms with Crippen molar-refractivity contribution >= 4 is 40.5 Å². The lowest BCUT2D eigenvalue weighted by Gasteiger charge is -2.33. The SMILES string of the molecule is O=C(CN1CC(c2ccccc2)(c2ccc(Cl)cc2)C(c2ccc(C(F)(F)F)c(Cl)c2)=N1)Nc1ccc(C(F)(F)F)cc1. The molecule has 1 unspecified atom stereocenters. The van der Waals surface area contributed by atoms with Gasteiger partial charge in [-0.2, -0.15) is 31.4 Å². The highest BCUT2D eigenvalue weighted by Crippen LogP contribution is 2.43. The maximum Gasteiger partial charge on any atom is 0.417 e. The Labute approximate surface area is 252 Å². The van der Waals surface area contributed by atoms with Crippen molar-refractivity contribution in [2.45, 2.75) is 17.8 Å². The number of anilines is 1. The predicted octanol–water partition coefficient (Wildman–Crippen LogP) is 8.68. The number of hydrazone groups is 1. The molecule has 0 spiro atoms. The number of carbonyl (C=O) groups excluding carboxylic acids is 1. The first kappa shape index (κ1) is 30.4.